The van der Waals surface area contributed by atoms with E-state index >= 15 is 0 Å². The minimum atomic E-state index is -4.87. The van der Waals surface area contributed by atoms with E-state index in [1.54, 1.807) is 0 Å². The van der Waals surface area contributed by atoms with Gasteiger partial charge >= 0.3 is 12.2 Å². The molecule has 4 rings (SSSR count). The van der Waals surface area contributed by atoms with Crippen molar-refractivity contribution in [1.29, 1.82) is 0 Å². The number of nitrogens with zero attached hydrogens (tertiary/aromatic N) is 1. The highest BCUT2D eigenvalue weighted by molar-refractivity contribution is 7.18. The van der Waals surface area contributed by atoms with Crippen molar-refractivity contribution in [3.63, 3.8) is 0 Å². The van der Waals surface area contributed by atoms with Gasteiger partial charge in [0.15, 0.2) is 0 Å². The minimum absolute atomic E-state index is 0.00467. The van der Waals surface area contributed by atoms with Gasteiger partial charge in [-0.05, 0) is 49.6 Å². The summed E-state index contributed by atoms with van der Waals surface area (Å²) in [5.41, 5.74) is -1.74. The number of hydrogen-bond donors (Lipinski definition) is 4. The molecule has 2 aromatic rings. The quantitative estimate of drug-likeness (QED) is 0.376. The Balaban J connectivity index is 1.52. The van der Waals surface area contributed by atoms with Gasteiger partial charge in [-0.15, -0.1) is 11.3 Å². The van der Waals surface area contributed by atoms with Crippen LogP contribution in [0.2, 0.25) is 4.34 Å². The number of nitrogens with one attached hydrogen (secondary N) is 4. The number of thiophene rings is 1. The van der Waals surface area contributed by atoms with E-state index in [4.69, 9.17) is 16.3 Å². The van der Waals surface area contributed by atoms with E-state index in [1.807, 2.05) is 0 Å². The Morgan fingerprint density at radius 3 is 2.56 bits per heavy atom. The molecule has 1 saturated carbocycles. The highest BCUT2D eigenvalue weighted by Gasteiger charge is 2.36. The molecule has 210 valence electrons. The average Bonchev–Trinajstić information content (AvgIpc) is 3.30. The Hall–Kier alpha value is -3.36. The smallest absolute Gasteiger partial charge is 0.370 e. The molecule has 0 radical (unpaired) electrons. The van der Waals surface area contributed by atoms with Crippen molar-refractivity contribution in [2.45, 2.75) is 37.5 Å². The molecule has 1 saturated heterocycles. The second kappa shape index (κ2) is 12.2. The van der Waals surface area contributed by atoms with E-state index in [0.717, 1.165) is 42.7 Å². The first-order valence-corrected chi connectivity index (χ1v) is 13.2. The number of benzene rings is 1. The molecule has 10 nitrogen and oxygen atoms in total. The summed E-state index contributed by atoms with van der Waals surface area (Å²) < 4.78 is 47.3. The maximum Gasteiger partial charge on any atom is 0.418 e. The average molecular weight is 588 g/mol. The Morgan fingerprint density at radius 2 is 1.95 bits per heavy atom. The van der Waals surface area contributed by atoms with Gasteiger partial charge in [0.1, 0.15) is 12.6 Å². The maximum absolute atomic E-state index is 14.0. The van der Waals surface area contributed by atoms with Gasteiger partial charge in [-0.3, -0.25) is 14.4 Å². The van der Waals surface area contributed by atoms with Crippen LogP contribution in [0.5, 0.6) is 0 Å². The summed E-state index contributed by atoms with van der Waals surface area (Å²) in [4.78, 5) is 51.6. The summed E-state index contributed by atoms with van der Waals surface area (Å²) in [6, 6.07) is 3.92. The Morgan fingerprint density at radius 1 is 1.18 bits per heavy atom. The zero-order valence-corrected chi connectivity index (χ0v) is 22.0. The number of amides is 5. The summed E-state index contributed by atoms with van der Waals surface area (Å²) >= 11 is 6.86. The van der Waals surface area contributed by atoms with E-state index in [1.165, 1.54) is 23.1 Å². The molecular weight excluding hydrogens is 563 g/mol. The number of hydrogen-bond acceptors (Lipinski definition) is 6. The molecule has 2 aliphatic rings. The fraction of sp³-hybridized carbons (Fsp3) is 0.417. The molecule has 1 atom stereocenters. The number of morpholine rings is 1. The van der Waals surface area contributed by atoms with Gasteiger partial charge in [0.2, 0.25) is 5.91 Å². The van der Waals surface area contributed by atoms with Gasteiger partial charge in [-0.25, -0.2) is 4.79 Å². The normalized spacial score (nSPS) is 16.7. The predicted molar refractivity (Wildman–Crippen MR) is 138 cm³/mol. The molecule has 1 aromatic carbocycles. The summed E-state index contributed by atoms with van der Waals surface area (Å²) in [5.74, 6) is -2.04. The molecule has 39 heavy (non-hydrogen) atoms. The summed E-state index contributed by atoms with van der Waals surface area (Å²) in [6.45, 7) is -0.399. The minimum Gasteiger partial charge on any atom is -0.370 e. The van der Waals surface area contributed by atoms with Crippen LogP contribution in [-0.4, -0.2) is 62.1 Å². The number of alkyl halides is 3. The van der Waals surface area contributed by atoms with Crippen LogP contribution in [0.4, 0.5) is 29.3 Å². The zero-order chi connectivity index (χ0) is 28.2. The van der Waals surface area contributed by atoms with Crippen LogP contribution < -0.4 is 26.2 Å². The van der Waals surface area contributed by atoms with E-state index in [2.05, 4.69) is 21.3 Å². The monoisotopic (exact) mass is 587 g/mol. The van der Waals surface area contributed by atoms with Crippen molar-refractivity contribution in [3.8, 4) is 0 Å². The van der Waals surface area contributed by atoms with Crippen LogP contribution in [0.15, 0.2) is 30.3 Å². The number of halogens is 4. The number of rotatable bonds is 8. The Bertz CT molecular complexity index is 1250. The number of urea groups is 1. The van der Waals surface area contributed by atoms with Crippen LogP contribution in [0.1, 0.15) is 34.5 Å². The van der Waals surface area contributed by atoms with Gasteiger partial charge in [0.25, 0.3) is 11.8 Å². The fourth-order valence-corrected chi connectivity index (χ4v) is 4.88. The molecule has 15 heteroatoms. The number of carbonyl (C=O) groups excluding carboxylic acids is 4. The number of anilines is 2. The largest absolute Gasteiger partial charge is 0.418 e. The van der Waals surface area contributed by atoms with E-state index in [0.29, 0.717) is 4.34 Å². The molecule has 2 fully saturated rings. The van der Waals surface area contributed by atoms with Gasteiger partial charge in [0.05, 0.1) is 27.1 Å². The summed E-state index contributed by atoms with van der Waals surface area (Å²) in [6.07, 6.45) is -2.38. The van der Waals surface area contributed by atoms with Gasteiger partial charge < -0.3 is 30.9 Å². The third-order valence-electron chi connectivity index (χ3n) is 6.19. The molecule has 0 spiro atoms. The van der Waals surface area contributed by atoms with Crippen LogP contribution in [-0.2, 0) is 20.5 Å². The molecule has 4 N–H and O–H groups in total. The third-order valence-corrected chi connectivity index (χ3v) is 7.42. The standard InChI is InChI=1S/C24H25ClF3N5O5S/c25-19-7-6-18(39-19)22(36)29-11-17(32-23(37)30-13-2-1-3-13)21(35)31-16-5-4-14(10-15(16)24(26,27)28)33-8-9-38-12-20(33)34/h4-7,10,13,17H,1-3,8-9,11-12H2,(H,29,36)(H,31,35)(H2,30,32,37)/t17-/m1/s1. The van der Waals surface area contributed by atoms with Crippen molar-refractivity contribution in [2.75, 3.05) is 36.5 Å². The summed E-state index contributed by atoms with van der Waals surface area (Å²) in [5, 5.41) is 9.83. The van der Waals surface area contributed by atoms with Crippen molar-refractivity contribution < 1.29 is 37.1 Å². The van der Waals surface area contributed by atoms with Crippen LogP contribution in [0.3, 0.4) is 0 Å². The molecule has 0 bridgehead atoms. The molecule has 1 aliphatic heterocycles. The Labute approximate surface area is 230 Å². The molecule has 1 aromatic heterocycles. The molecule has 1 aliphatic carbocycles. The second-order valence-corrected chi connectivity index (χ2v) is 10.6. The molecule has 0 unspecified atom stereocenters. The second-order valence-electron chi connectivity index (χ2n) is 8.93. The van der Waals surface area contributed by atoms with E-state index < -0.39 is 53.8 Å². The topological polar surface area (TPSA) is 129 Å². The highest BCUT2D eigenvalue weighted by atomic mass is 35.5. The van der Waals surface area contributed by atoms with Crippen molar-refractivity contribution >= 4 is 58.1 Å². The van der Waals surface area contributed by atoms with Gasteiger partial charge in [-0.1, -0.05) is 11.6 Å². The van der Waals surface area contributed by atoms with Crippen LogP contribution in [0, 0.1) is 0 Å². The maximum atomic E-state index is 14.0. The van der Waals surface area contributed by atoms with E-state index in [9.17, 15) is 32.3 Å². The molecule has 5 amide bonds. The van der Waals surface area contributed by atoms with Crippen LogP contribution in [0.25, 0.3) is 0 Å². The lowest BCUT2D eigenvalue weighted by atomic mass is 9.93. The Kier molecular flexibility index (Phi) is 8.97. The molecular formula is C24H25ClF3N5O5S. The lowest BCUT2D eigenvalue weighted by Gasteiger charge is -2.28. The van der Waals surface area contributed by atoms with Gasteiger partial charge in [0, 0.05) is 24.8 Å². The van der Waals surface area contributed by atoms with Gasteiger partial charge in [-0.2, -0.15) is 13.2 Å². The van der Waals surface area contributed by atoms with Crippen molar-refractivity contribution in [2.24, 2.45) is 0 Å². The lowest BCUT2D eigenvalue weighted by molar-refractivity contribution is -0.137. The number of ether oxygens (including phenoxy) is 1. The first kappa shape index (κ1) is 28.6. The first-order chi connectivity index (χ1) is 18.5. The SMILES string of the molecule is O=C(NC1CCC1)N[C@H](CNC(=O)c1ccc(Cl)s1)C(=O)Nc1ccc(N2CCOCC2=O)cc1C(F)(F)F. The predicted octanol–water partition coefficient (Wildman–Crippen LogP) is 3.37. The van der Waals surface area contributed by atoms with E-state index in [-0.39, 0.29) is 36.4 Å². The lowest BCUT2D eigenvalue weighted by Crippen LogP contribution is -2.55. The van der Waals surface area contributed by atoms with Crippen molar-refractivity contribution in [3.05, 3.63) is 45.1 Å². The third kappa shape index (κ3) is 7.40. The fourth-order valence-electron chi connectivity index (χ4n) is 3.92. The van der Waals surface area contributed by atoms with Crippen molar-refractivity contribution in [1.82, 2.24) is 16.0 Å². The first-order valence-electron chi connectivity index (χ1n) is 12.0. The summed E-state index contributed by atoms with van der Waals surface area (Å²) in [7, 11) is 0. The highest BCUT2D eigenvalue weighted by Crippen LogP contribution is 2.37. The molecule has 2 heterocycles. The number of carbonyl (C=O) groups is 4. The van der Waals surface area contributed by atoms with Crippen LogP contribution >= 0.6 is 22.9 Å². The zero-order valence-electron chi connectivity index (χ0n) is 20.4.